The SMILES string of the molecule is COc1ccc(CCN=Cc2c(O)ccc3ccccc23)cc1OC. The van der Waals surface area contributed by atoms with Crippen LogP contribution in [0, 0.1) is 0 Å². The van der Waals surface area contributed by atoms with Crippen LogP contribution in [-0.4, -0.2) is 32.1 Å². The summed E-state index contributed by atoms with van der Waals surface area (Å²) in [6.07, 6.45) is 2.53. The molecule has 0 unspecified atom stereocenters. The Morgan fingerprint density at radius 2 is 1.76 bits per heavy atom. The molecule has 0 atom stereocenters. The number of phenolic OH excluding ortho intramolecular Hbond substituents is 1. The average Bonchev–Trinajstić information content (AvgIpc) is 2.66. The van der Waals surface area contributed by atoms with Gasteiger partial charge >= 0.3 is 0 Å². The molecule has 4 nitrogen and oxygen atoms in total. The third kappa shape index (κ3) is 3.74. The predicted octanol–water partition coefficient (Wildman–Crippen LogP) is 4.22. The van der Waals surface area contributed by atoms with Gasteiger partial charge < -0.3 is 14.6 Å². The summed E-state index contributed by atoms with van der Waals surface area (Å²) in [7, 11) is 3.25. The van der Waals surface area contributed by atoms with E-state index in [1.54, 1.807) is 26.5 Å². The third-order valence-electron chi connectivity index (χ3n) is 4.15. The molecule has 0 bridgehead atoms. The maximum Gasteiger partial charge on any atom is 0.160 e. The molecule has 3 aromatic rings. The van der Waals surface area contributed by atoms with Gasteiger partial charge in [0, 0.05) is 18.3 Å². The van der Waals surface area contributed by atoms with E-state index in [9.17, 15) is 5.11 Å². The molecule has 0 amide bonds. The van der Waals surface area contributed by atoms with Gasteiger partial charge in [0.25, 0.3) is 0 Å². The van der Waals surface area contributed by atoms with Gasteiger partial charge in [0.1, 0.15) is 5.75 Å². The first kappa shape index (κ1) is 16.8. The van der Waals surface area contributed by atoms with E-state index in [0.717, 1.165) is 39.8 Å². The van der Waals surface area contributed by atoms with Gasteiger partial charge in [-0.2, -0.15) is 0 Å². The number of ether oxygens (including phenoxy) is 2. The Hall–Kier alpha value is -3.01. The molecule has 128 valence electrons. The molecule has 0 heterocycles. The van der Waals surface area contributed by atoms with Gasteiger partial charge in [-0.25, -0.2) is 0 Å². The molecule has 3 aromatic carbocycles. The second-order valence-corrected chi connectivity index (χ2v) is 5.69. The number of aromatic hydroxyl groups is 1. The first-order chi connectivity index (χ1) is 12.2. The molecule has 0 fully saturated rings. The highest BCUT2D eigenvalue weighted by Crippen LogP contribution is 2.28. The highest BCUT2D eigenvalue weighted by atomic mass is 16.5. The number of methoxy groups -OCH3 is 2. The molecule has 0 aromatic heterocycles. The fourth-order valence-corrected chi connectivity index (χ4v) is 2.81. The molecule has 4 heteroatoms. The summed E-state index contributed by atoms with van der Waals surface area (Å²) in [5.74, 6) is 1.68. The number of fused-ring (bicyclic) bond motifs is 1. The van der Waals surface area contributed by atoms with Crippen LogP contribution in [0.5, 0.6) is 17.2 Å². The Kier molecular flexibility index (Phi) is 5.19. The lowest BCUT2D eigenvalue weighted by Gasteiger charge is -2.09. The molecular formula is C21H21NO3. The van der Waals surface area contributed by atoms with Crippen LogP contribution in [0.15, 0.2) is 59.6 Å². The third-order valence-corrected chi connectivity index (χ3v) is 4.15. The van der Waals surface area contributed by atoms with Gasteiger partial charge in [-0.3, -0.25) is 4.99 Å². The lowest BCUT2D eigenvalue weighted by Crippen LogP contribution is -1.95. The van der Waals surface area contributed by atoms with Crippen molar-refractivity contribution in [2.75, 3.05) is 20.8 Å². The topological polar surface area (TPSA) is 51.0 Å². The number of hydrogen-bond acceptors (Lipinski definition) is 4. The minimum Gasteiger partial charge on any atom is -0.507 e. The minimum absolute atomic E-state index is 0.244. The van der Waals surface area contributed by atoms with Crippen molar-refractivity contribution < 1.29 is 14.6 Å². The van der Waals surface area contributed by atoms with Crippen LogP contribution < -0.4 is 9.47 Å². The maximum atomic E-state index is 10.1. The Morgan fingerprint density at radius 3 is 2.56 bits per heavy atom. The van der Waals surface area contributed by atoms with E-state index in [1.807, 2.05) is 48.5 Å². The van der Waals surface area contributed by atoms with E-state index >= 15 is 0 Å². The van der Waals surface area contributed by atoms with E-state index < -0.39 is 0 Å². The van der Waals surface area contributed by atoms with Gasteiger partial charge in [0.15, 0.2) is 11.5 Å². The van der Waals surface area contributed by atoms with E-state index in [0.29, 0.717) is 6.54 Å². The molecular weight excluding hydrogens is 314 g/mol. The van der Waals surface area contributed by atoms with Crippen LogP contribution >= 0.6 is 0 Å². The molecule has 0 saturated carbocycles. The average molecular weight is 335 g/mol. The van der Waals surface area contributed by atoms with Crippen molar-refractivity contribution in [1.29, 1.82) is 0 Å². The summed E-state index contributed by atoms with van der Waals surface area (Å²) in [5.41, 5.74) is 1.88. The second kappa shape index (κ2) is 7.71. The fraction of sp³-hybridized carbons (Fsp3) is 0.190. The lowest BCUT2D eigenvalue weighted by molar-refractivity contribution is 0.354. The maximum absolute atomic E-state index is 10.1. The van der Waals surface area contributed by atoms with Gasteiger partial charge in [-0.05, 0) is 41.0 Å². The predicted molar refractivity (Wildman–Crippen MR) is 101 cm³/mol. The van der Waals surface area contributed by atoms with Crippen molar-refractivity contribution in [2.24, 2.45) is 4.99 Å². The van der Waals surface area contributed by atoms with E-state index in [-0.39, 0.29) is 5.75 Å². The number of nitrogens with zero attached hydrogens (tertiary/aromatic N) is 1. The van der Waals surface area contributed by atoms with Crippen molar-refractivity contribution in [2.45, 2.75) is 6.42 Å². The largest absolute Gasteiger partial charge is 0.507 e. The lowest BCUT2D eigenvalue weighted by atomic mass is 10.0. The Balaban J connectivity index is 1.73. The van der Waals surface area contributed by atoms with E-state index in [4.69, 9.17) is 9.47 Å². The minimum atomic E-state index is 0.244. The molecule has 0 aliphatic heterocycles. The summed E-state index contributed by atoms with van der Waals surface area (Å²) >= 11 is 0. The van der Waals surface area contributed by atoms with Crippen molar-refractivity contribution in [3.8, 4) is 17.2 Å². The highest BCUT2D eigenvalue weighted by molar-refractivity contribution is 6.02. The summed E-state index contributed by atoms with van der Waals surface area (Å²) < 4.78 is 10.6. The number of aliphatic imine (C=N–C) groups is 1. The van der Waals surface area contributed by atoms with Crippen molar-refractivity contribution >= 4 is 17.0 Å². The fourth-order valence-electron chi connectivity index (χ4n) is 2.81. The molecule has 0 radical (unpaired) electrons. The van der Waals surface area contributed by atoms with Crippen molar-refractivity contribution in [3.63, 3.8) is 0 Å². The Labute approximate surface area is 147 Å². The second-order valence-electron chi connectivity index (χ2n) is 5.69. The van der Waals surface area contributed by atoms with Crippen LogP contribution in [0.1, 0.15) is 11.1 Å². The summed E-state index contributed by atoms with van der Waals surface area (Å²) in [4.78, 5) is 4.49. The monoisotopic (exact) mass is 335 g/mol. The highest BCUT2D eigenvalue weighted by Gasteiger charge is 2.05. The zero-order valence-electron chi connectivity index (χ0n) is 14.4. The number of hydrogen-bond donors (Lipinski definition) is 1. The first-order valence-corrected chi connectivity index (χ1v) is 8.14. The number of benzene rings is 3. The van der Waals surface area contributed by atoms with Crippen LogP contribution in [0.4, 0.5) is 0 Å². The number of rotatable bonds is 6. The quantitative estimate of drug-likeness (QED) is 0.686. The summed E-state index contributed by atoms with van der Waals surface area (Å²) in [6, 6.07) is 17.4. The standard InChI is InChI=1S/C21H21NO3/c1-24-20-10-7-15(13-21(20)25-2)11-12-22-14-18-17-6-4-3-5-16(17)8-9-19(18)23/h3-10,13-14,23H,11-12H2,1-2H3. The van der Waals surface area contributed by atoms with E-state index in [2.05, 4.69) is 4.99 Å². The number of phenols is 1. The molecule has 25 heavy (non-hydrogen) atoms. The first-order valence-electron chi connectivity index (χ1n) is 8.14. The van der Waals surface area contributed by atoms with Gasteiger partial charge in [0.2, 0.25) is 0 Å². The molecule has 0 aliphatic rings. The van der Waals surface area contributed by atoms with Crippen LogP contribution in [-0.2, 0) is 6.42 Å². The molecule has 0 aliphatic carbocycles. The van der Waals surface area contributed by atoms with Gasteiger partial charge in [0.05, 0.1) is 14.2 Å². The van der Waals surface area contributed by atoms with Gasteiger partial charge in [-0.1, -0.05) is 36.4 Å². The van der Waals surface area contributed by atoms with E-state index in [1.165, 1.54) is 0 Å². The van der Waals surface area contributed by atoms with Crippen molar-refractivity contribution in [1.82, 2.24) is 0 Å². The Bertz CT molecular complexity index is 903. The smallest absolute Gasteiger partial charge is 0.160 e. The zero-order chi connectivity index (χ0) is 17.6. The normalized spacial score (nSPS) is 11.1. The van der Waals surface area contributed by atoms with Crippen LogP contribution in [0.2, 0.25) is 0 Å². The molecule has 0 saturated heterocycles. The Morgan fingerprint density at radius 1 is 0.960 bits per heavy atom. The summed E-state index contributed by atoms with van der Waals surface area (Å²) in [5, 5.41) is 12.2. The molecule has 3 rings (SSSR count). The van der Waals surface area contributed by atoms with Crippen LogP contribution in [0.3, 0.4) is 0 Å². The molecule has 0 spiro atoms. The molecule has 1 N–H and O–H groups in total. The van der Waals surface area contributed by atoms with Crippen molar-refractivity contribution in [3.05, 3.63) is 65.7 Å². The zero-order valence-corrected chi connectivity index (χ0v) is 14.4. The van der Waals surface area contributed by atoms with Gasteiger partial charge in [-0.15, -0.1) is 0 Å². The summed E-state index contributed by atoms with van der Waals surface area (Å²) in [6.45, 7) is 0.623. The van der Waals surface area contributed by atoms with Crippen LogP contribution in [0.25, 0.3) is 10.8 Å².